The van der Waals surface area contributed by atoms with Crippen molar-refractivity contribution in [1.29, 1.82) is 0 Å². The summed E-state index contributed by atoms with van der Waals surface area (Å²) in [6.45, 7) is 2.73. The topological polar surface area (TPSA) is 54.9 Å². The first-order valence-corrected chi connectivity index (χ1v) is 9.78. The summed E-state index contributed by atoms with van der Waals surface area (Å²) >= 11 is 0. The molecule has 0 saturated heterocycles. The van der Waals surface area contributed by atoms with Crippen molar-refractivity contribution in [2.24, 2.45) is 4.99 Å². The molecule has 0 aromatic heterocycles. The van der Waals surface area contributed by atoms with Crippen LogP contribution in [0.5, 0.6) is 11.5 Å². The smallest absolute Gasteiger partial charge is 0.191 e. The molecule has 0 atom stereocenters. The molecule has 2 aliphatic rings. The Kier molecular flexibility index (Phi) is 5.37. The van der Waals surface area contributed by atoms with Gasteiger partial charge in [-0.3, -0.25) is 4.99 Å². The van der Waals surface area contributed by atoms with Gasteiger partial charge in [0, 0.05) is 32.0 Å². The zero-order valence-corrected chi connectivity index (χ0v) is 16.1. The fraction of sp³-hybridized carbons (Fsp3) is 0.409. The second kappa shape index (κ2) is 8.09. The third-order valence-corrected chi connectivity index (χ3v) is 5.38. The van der Waals surface area contributed by atoms with Crippen molar-refractivity contribution in [1.82, 2.24) is 10.6 Å². The number of halogens is 1. The van der Waals surface area contributed by atoms with E-state index in [0.717, 1.165) is 54.4 Å². The Labute approximate surface area is 165 Å². The van der Waals surface area contributed by atoms with Gasteiger partial charge >= 0.3 is 0 Å². The fourth-order valence-corrected chi connectivity index (χ4v) is 3.51. The van der Waals surface area contributed by atoms with Crippen molar-refractivity contribution >= 4 is 5.96 Å². The highest BCUT2D eigenvalue weighted by atomic mass is 19.1. The molecule has 0 unspecified atom stereocenters. The molecule has 5 nitrogen and oxygen atoms in total. The summed E-state index contributed by atoms with van der Waals surface area (Å²) in [5.41, 5.74) is 2.16. The number of nitrogens with zero attached hydrogens (tertiary/aromatic N) is 1. The lowest BCUT2D eigenvalue weighted by Crippen LogP contribution is -2.40. The van der Waals surface area contributed by atoms with Crippen molar-refractivity contribution < 1.29 is 13.9 Å². The molecule has 1 aliphatic heterocycles. The van der Waals surface area contributed by atoms with Crippen LogP contribution >= 0.6 is 0 Å². The first-order chi connectivity index (χ1) is 13.7. The van der Waals surface area contributed by atoms with Crippen LogP contribution < -0.4 is 20.1 Å². The van der Waals surface area contributed by atoms with Crippen LogP contribution in [0.2, 0.25) is 0 Å². The molecule has 0 amide bonds. The maximum Gasteiger partial charge on any atom is 0.191 e. The van der Waals surface area contributed by atoms with Crippen molar-refractivity contribution in [3.63, 3.8) is 0 Å². The van der Waals surface area contributed by atoms with Gasteiger partial charge in [0.1, 0.15) is 5.82 Å². The van der Waals surface area contributed by atoms with E-state index in [4.69, 9.17) is 9.47 Å². The average molecular weight is 383 g/mol. The summed E-state index contributed by atoms with van der Waals surface area (Å²) in [6.07, 6.45) is 3.01. The van der Waals surface area contributed by atoms with E-state index >= 15 is 0 Å². The van der Waals surface area contributed by atoms with Crippen LogP contribution in [0.25, 0.3) is 0 Å². The van der Waals surface area contributed by atoms with E-state index in [0.29, 0.717) is 19.8 Å². The predicted molar refractivity (Wildman–Crippen MR) is 108 cm³/mol. The molecule has 28 heavy (non-hydrogen) atoms. The maximum atomic E-state index is 13.6. The van der Waals surface area contributed by atoms with E-state index in [1.165, 1.54) is 6.07 Å². The molecule has 0 radical (unpaired) electrons. The minimum Gasteiger partial charge on any atom is -0.490 e. The van der Waals surface area contributed by atoms with Gasteiger partial charge < -0.3 is 20.1 Å². The van der Waals surface area contributed by atoms with E-state index in [1.807, 2.05) is 24.3 Å². The number of hydrogen-bond donors (Lipinski definition) is 2. The van der Waals surface area contributed by atoms with Crippen LogP contribution in [-0.2, 0) is 12.0 Å². The summed E-state index contributed by atoms with van der Waals surface area (Å²) in [5.74, 6) is 2.15. The van der Waals surface area contributed by atoms with Crippen LogP contribution in [0.4, 0.5) is 4.39 Å². The normalized spacial score (nSPS) is 17.6. The van der Waals surface area contributed by atoms with E-state index in [1.54, 1.807) is 19.2 Å². The lowest BCUT2D eigenvalue weighted by Gasteiger charge is -2.19. The van der Waals surface area contributed by atoms with Gasteiger partial charge in [-0.25, -0.2) is 4.39 Å². The SMILES string of the molecule is CN=C(NCc1ccc2c(c1)OCCCO2)NCC1(c2cccc(F)c2)CC1. The zero-order valence-electron chi connectivity index (χ0n) is 16.1. The highest BCUT2D eigenvalue weighted by Crippen LogP contribution is 2.47. The Morgan fingerprint density at radius 1 is 1.07 bits per heavy atom. The van der Waals surface area contributed by atoms with Crippen LogP contribution in [0.3, 0.4) is 0 Å². The molecule has 1 aliphatic carbocycles. The van der Waals surface area contributed by atoms with E-state index in [2.05, 4.69) is 15.6 Å². The molecule has 4 rings (SSSR count). The summed E-state index contributed by atoms with van der Waals surface area (Å²) < 4.78 is 25.0. The van der Waals surface area contributed by atoms with Crippen molar-refractivity contribution in [3.05, 3.63) is 59.4 Å². The minimum absolute atomic E-state index is 0.00890. The quantitative estimate of drug-likeness (QED) is 0.614. The molecule has 2 aromatic carbocycles. The highest BCUT2D eigenvalue weighted by Gasteiger charge is 2.44. The van der Waals surface area contributed by atoms with Gasteiger partial charge in [-0.05, 0) is 48.2 Å². The lowest BCUT2D eigenvalue weighted by atomic mass is 9.96. The lowest BCUT2D eigenvalue weighted by molar-refractivity contribution is 0.297. The van der Waals surface area contributed by atoms with Gasteiger partial charge in [0.05, 0.1) is 13.2 Å². The molecule has 1 fully saturated rings. The van der Waals surface area contributed by atoms with Crippen molar-refractivity contribution in [3.8, 4) is 11.5 Å². The Hall–Kier alpha value is -2.76. The van der Waals surface area contributed by atoms with Gasteiger partial charge in [-0.15, -0.1) is 0 Å². The Bertz CT molecular complexity index is 865. The first kappa shape index (κ1) is 18.6. The summed E-state index contributed by atoms with van der Waals surface area (Å²) in [5, 5.41) is 6.73. The van der Waals surface area contributed by atoms with Crippen LogP contribution in [0, 0.1) is 5.82 Å². The molecule has 2 aromatic rings. The van der Waals surface area contributed by atoms with Gasteiger partial charge in [0.2, 0.25) is 0 Å². The van der Waals surface area contributed by atoms with Gasteiger partial charge in [0.15, 0.2) is 17.5 Å². The van der Waals surface area contributed by atoms with Crippen LogP contribution in [-0.4, -0.2) is 32.8 Å². The van der Waals surface area contributed by atoms with Gasteiger partial charge in [-0.1, -0.05) is 18.2 Å². The second-order valence-electron chi connectivity index (χ2n) is 7.40. The number of aliphatic imine (C=N–C) groups is 1. The molecule has 0 spiro atoms. The summed E-state index contributed by atoms with van der Waals surface area (Å²) in [4.78, 5) is 4.31. The Balaban J connectivity index is 1.34. The Morgan fingerprint density at radius 2 is 1.89 bits per heavy atom. The van der Waals surface area contributed by atoms with Crippen molar-refractivity contribution in [2.45, 2.75) is 31.2 Å². The molecular weight excluding hydrogens is 357 g/mol. The molecular formula is C22H26FN3O2. The molecule has 148 valence electrons. The monoisotopic (exact) mass is 383 g/mol. The molecule has 6 heteroatoms. The number of ether oxygens (including phenoxy) is 2. The largest absolute Gasteiger partial charge is 0.490 e. The van der Waals surface area contributed by atoms with E-state index < -0.39 is 0 Å². The number of rotatable bonds is 5. The van der Waals surface area contributed by atoms with Crippen LogP contribution in [0.1, 0.15) is 30.4 Å². The molecule has 1 heterocycles. The van der Waals surface area contributed by atoms with E-state index in [-0.39, 0.29) is 11.2 Å². The molecule has 1 saturated carbocycles. The number of fused-ring (bicyclic) bond motifs is 1. The zero-order chi connectivity index (χ0) is 19.4. The standard InChI is InChI=1S/C22H26FN3O2/c1-24-21(26-15-22(8-9-22)17-4-2-5-18(23)13-17)25-14-16-6-7-19-20(12-16)28-11-3-10-27-19/h2,4-7,12-13H,3,8-11,14-15H2,1H3,(H2,24,25,26). The third-order valence-electron chi connectivity index (χ3n) is 5.38. The van der Waals surface area contributed by atoms with Gasteiger partial charge in [0.25, 0.3) is 0 Å². The predicted octanol–water partition coefficient (Wildman–Crippen LogP) is 3.38. The molecule has 2 N–H and O–H groups in total. The highest BCUT2D eigenvalue weighted by molar-refractivity contribution is 5.79. The fourth-order valence-electron chi connectivity index (χ4n) is 3.51. The van der Waals surface area contributed by atoms with Gasteiger partial charge in [-0.2, -0.15) is 0 Å². The first-order valence-electron chi connectivity index (χ1n) is 9.78. The van der Waals surface area contributed by atoms with Crippen molar-refractivity contribution in [2.75, 3.05) is 26.8 Å². The van der Waals surface area contributed by atoms with Crippen LogP contribution in [0.15, 0.2) is 47.5 Å². The summed E-state index contributed by atoms with van der Waals surface area (Å²) in [6, 6.07) is 12.9. The second-order valence-corrected chi connectivity index (χ2v) is 7.40. The Morgan fingerprint density at radius 3 is 2.64 bits per heavy atom. The van der Waals surface area contributed by atoms with E-state index in [9.17, 15) is 4.39 Å². The number of guanidine groups is 1. The maximum absolute atomic E-state index is 13.6. The number of benzene rings is 2. The average Bonchev–Trinajstić information content (AvgIpc) is 3.52. The number of nitrogens with one attached hydrogen (secondary N) is 2. The minimum atomic E-state index is -0.180. The third kappa shape index (κ3) is 4.21. The number of hydrogen-bond acceptors (Lipinski definition) is 3. The summed E-state index contributed by atoms with van der Waals surface area (Å²) in [7, 11) is 1.76. The molecule has 0 bridgehead atoms.